The first-order valence-corrected chi connectivity index (χ1v) is 30.3. The molecule has 2 aromatic rings. The predicted molar refractivity (Wildman–Crippen MR) is 302 cm³/mol. The number of amides is 2. The van der Waals surface area contributed by atoms with Gasteiger partial charge < -0.3 is 14.2 Å². The lowest BCUT2D eigenvalue weighted by atomic mass is 10.0. The summed E-state index contributed by atoms with van der Waals surface area (Å²) in [6.07, 6.45) is 53.8. The fourth-order valence-corrected chi connectivity index (χ4v) is 9.49. The molecule has 0 aliphatic rings. The Kier molecular flexibility index (Phi) is 41.9. The van der Waals surface area contributed by atoms with Crippen molar-refractivity contribution in [2.45, 2.75) is 290 Å². The van der Waals surface area contributed by atoms with Crippen LogP contribution in [0.4, 0.5) is 5.69 Å². The first kappa shape index (κ1) is 64.3. The van der Waals surface area contributed by atoms with Crippen LogP contribution in [0.1, 0.15) is 311 Å². The third-order valence-corrected chi connectivity index (χ3v) is 14.2. The summed E-state index contributed by atoms with van der Waals surface area (Å²) < 4.78 is 19.5. The number of nitro groups is 1. The quantitative estimate of drug-likeness (QED) is 0.0384. The van der Waals surface area contributed by atoms with E-state index >= 15 is 0 Å². The first-order chi connectivity index (χ1) is 35.4. The molecule has 0 bridgehead atoms. The van der Waals surface area contributed by atoms with Gasteiger partial charge in [-0.25, -0.2) is 0 Å². The molecule has 0 spiro atoms. The molecule has 0 heterocycles. The molecule has 2 amide bonds. The third-order valence-electron chi connectivity index (χ3n) is 14.2. The maximum atomic E-state index is 13.7. The van der Waals surface area contributed by atoms with Crippen LogP contribution in [0.15, 0.2) is 36.4 Å². The van der Waals surface area contributed by atoms with Crippen LogP contribution in [0.5, 0.6) is 17.2 Å². The van der Waals surface area contributed by atoms with E-state index in [1.807, 2.05) is 0 Å². The van der Waals surface area contributed by atoms with E-state index in [2.05, 4.69) is 31.6 Å². The number of non-ortho nitro benzene ring substituents is 1. The SMILES string of the molecule is CCCCCCCCCCCCCCCCOc1cc(C(=O)NNC(=O)c2ccc([N+](=O)[O-])cc2)cc(OCCCCCCCCCCCCCCCC)c1OCCCCCCCCCCCCCCCC. The molecular weight excluding hydrogens is 899 g/mol. The van der Waals surface area contributed by atoms with Crippen LogP contribution >= 0.6 is 0 Å². The number of ether oxygens (including phenoxy) is 3. The van der Waals surface area contributed by atoms with Crippen LogP contribution in [-0.2, 0) is 0 Å². The maximum Gasteiger partial charge on any atom is 0.269 e. The van der Waals surface area contributed by atoms with Crippen molar-refractivity contribution < 1.29 is 28.7 Å². The zero-order valence-electron chi connectivity index (χ0n) is 46.6. The molecule has 0 fully saturated rings. The molecule has 0 atom stereocenters. The van der Waals surface area contributed by atoms with Crippen molar-refractivity contribution in [1.82, 2.24) is 10.9 Å². The van der Waals surface area contributed by atoms with Crippen LogP contribution in [0.2, 0.25) is 0 Å². The standard InChI is InChI=1S/C62H107N3O7/c1-4-7-10-13-16-19-22-25-28-31-34-37-40-43-50-70-58-53-56(62(67)64-63-61(66)55-46-48-57(49-47-55)65(68)69)54-59(71-51-44-41-38-35-32-29-26-23-20-17-14-11-8-5-2)60(58)72-52-45-42-39-36-33-30-27-24-21-18-15-12-9-6-3/h46-49,53-54H,4-45,50-52H2,1-3H3,(H,63,66)(H,64,67). The summed E-state index contributed by atoms with van der Waals surface area (Å²) in [5.74, 6) is 0.356. The van der Waals surface area contributed by atoms with Crippen LogP contribution in [0, 0.1) is 10.1 Å². The first-order valence-electron chi connectivity index (χ1n) is 30.3. The van der Waals surface area contributed by atoms with Gasteiger partial charge in [0.05, 0.1) is 24.7 Å². The van der Waals surface area contributed by atoms with Crippen LogP contribution in [0.25, 0.3) is 0 Å². The fraction of sp³-hybridized carbons (Fsp3) is 0.774. The Morgan fingerprint density at radius 3 is 0.903 bits per heavy atom. The Morgan fingerprint density at radius 1 is 0.375 bits per heavy atom. The van der Waals surface area contributed by atoms with Gasteiger partial charge in [-0.05, 0) is 43.5 Å². The van der Waals surface area contributed by atoms with Gasteiger partial charge in [0.2, 0.25) is 5.75 Å². The Bertz CT molecular complexity index is 1550. The largest absolute Gasteiger partial charge is 0.490 e. The molecule has 72 heavy (non-hydrogen) atoms. The summed E-state index contributed by atoms with van der Waals surface area (Å²) in [5.41, 5.74) is 5.33. The summed E-state index contributed by atoms with van der Waals surface area (Å²) in [4.78, 5) is 37.3. The lowest BCUT2D eigenvalue weighted by Crippen LogP contribution is -2.41. The molecule has 0 aliphatic carbocycles. The number of rotatable bonds is 51. The summed E-state index contributed by atoms with van der Waals surface area (Å²) in [5, 5.41) is 11.1. The van der Waals surface area contributed by atoms with Gasteiger partial charge in [-0.3, -0.25) is 30.6 Å². The van der Waals surface area contributed by atoms with Crippen molar-refractivity contribution in [3.8, 4) is 17.2 Å². The van der Waals surface area contributed by atoms with Crippen LogP contribution in [0.3, 0.4) is 0 Å². The van der Waals surface area contributed by atoms with E-state index in [0.29, 0.717) is 37.1 Å². The number of nitrogens with zero attached hydrogens (tertiary/aromatic N) is 1. The number of carbonyl (C=O) groups excluding carboxylic acids is 2. The van der Waals surface area contributed by atoms with Crippen molar-refractivity contribution >= 4 is 17.5 Å². The molecule has 0 aliphatic heterocycles. The molecular formula is C62H107N3O7. The predicted octanol–water partition coefficient (Wildman–Crippen LogP) is 19.2. The van der Waals surface area contributed by atoms with Gasteiger partial charge in [-0.2, -0.15) is 0 Å². The van der Waals surface area contributed by atoms with E-state index in [4.69, 9.17) is 14.2 Å². The van der Waals surface area contributed by atoms with Gasteiger partial charge in [0, 0.05) is 23.3 Å². The molecule has 10 nitrogen and oxygen atoms in total. The summed E-state index contributed by atoms with van der Waals surface area (Å²) >= 11 is 0. The molecule has 0 radical (unpaired) electrons. The summed E-state index contributed by atoms with van der Waals surface area (Å²) in [7, 11) is 0. The minimum absolute atomic E-state index is 0.120. The van der Waals surface area contributed by atoms with Gasteiger partial charge in [0.15, 0.2) is 11.5 Å². The van der Waals surface area contributed by atoms with Crippen LogP contribution < -0.4 is 25.1 Å². The lowest BCUT2D eigenvalue weighted by molar-refractivity contribution is -0.384. The van der Waals surface area contributed by atoms with E-state index in [0.717, 1.165) is 38.5 Å². The Labute approximate surface area is 440 Å². The second kappa shape index (κ2) is 46.9. The average molecular weight is 1010 g/mol. The van der Waals surface area contributed by atoms with Crippen LogP contribution in [-0.4, -0.2) is 36.6 Å². The average Bonchev–Trinajstić information content (AvgIpc) is 3.39. The highest BCUT2D eigenvalue weighted by molar-refractivity contribution is 5.99. The molecule has 0 aromatic heterocycles. The molecule has 2 N–H and O–H groups in total. The van der Waals surface area contributed by atoms with Crippen molar-refractivity contribution in [1.29, 1.82) is 0 Å². The topological polar surface area (TPSA) is 129 Å². The lowest BCUT2D eigenvalue weighted by Gasteiger charge is -2.19. The van der Waals surface area contributed by atoms with Gasteiger partial charge in [-0.1, -0.05) is 271 Å². The van der Waals surface area contributed by atoms with E-state index in [9.17, 15) is 19.7 Å². The van der Waals surface area contributed by atoms with E-state index in [-0.39, 0.29) is 16.8 Å². The van der Waals surface area contributed by atoms with Crippen molar-refractivity contribution in [3.05, 3.63) is 57.6 Å². The van der Waals surface area contributed by atoms with Gasteiger partial charge in [-0.15, -0.1) is 0 Å². The number of hydrogen-bond donors (Lipinski definition) is 2. The number of carbonyl (C=O) groups is 2. The monoisotopic (exact) mass is 1010 g/mol. The molecule has 412 valence electrons. The Morgan fingerprint density at radius 2 is 0.625 bits per heavy atom. The Balaban J connectivity index is 2.02. The number of hydrogen-bond acceptors (Lipinski definition) is 7. The normalized spacial score (nSPS) is 11.2. The van der Waals surface area contributed by atoms with Crippen molar-refractivity contribution in [2.75, 3.05) is 19.8 Å². The third kappa shape index (κ3) is 34.6. The number of hydrazine groups is 1. The Hall–Kier alpha value is -3.82. The number of benzene rings is 2. The molecule has 2 rings (SSSR count). The summed E-state index contributed by atoms with van der Waals surface area (Å²) in [6.45, 7) is 8.34. The zero-order valence-corrected chi connectivity index (χ0v) is 46.6. The zero-order chi connectivity index (χ0) is 51.8. The second-order valence-corrected chi connectivity index (χ2v) is 20.8. The second-order valence-electron chi connectivity index (χ2n) is 20.8. The van der Waals surface area contributed by atoms with Gasteiger partial charge in [0.25, 0.3) is 17.5 Å². The van der Waals surface area contributed by atoms with E-state index < -0.39 is 16.7 Å². The molecule has 0 unspecified atom stereocenters. The van der Waals surface area contributed by atoms with Crippen molar-refractivity contribution in [3.63, 3.8) is 0 Å². The maximum absolute atomic E-state index is 13.7. The molecule has 0 saturated heterocycles. The smallest absolute Gasteiger partial charge is 0.269 e. The number of nitrogens with one attached hydrogen (secondary N) is 2. The van der Waals surface area contributed by atoms with Crippen molar-refractivity contribution in [2.24, 2.45) is 0 Å². The highest BCUT2D eigenvalue weighted by Crippen LogP contribution is 2.40. The van der Waals surface area contributed by atoms with Gasteiger partial charge >= 0.3 is 0 Å². The molecule has 2 aromatic carbocycles. The summed E-state index contributed by atoms with van der Waals surface area (Å²) in [6, 6.07) is 8.62. The minimum Gasteiger partial charge on any atom is -0.490 e. The fourth-order valence-electron chi connectivity index (χ4n) is 9.49. The highest BCUT2D eigenvalue weighted by atomic mass is 16.6. The van der Waals surface area contributed by atoms with E-state index in [1.54, 1.807) is 12.1 Å². The van der Waals surface area contributed by atoms with E-state index in [1.165, 1.54) is 255 Å². The van der Waals surface area contributed by atoms with Gasteiger partial charge in [0.1, 0.15) is 0 Å². The minimum atomic E-state index is -0.588. The molecule has 0 saturated carbocycles. The highest BCUT2D eigenvalue weighted by Gasteiger charge is 2.20. The number of nitro benzene ring substituents is 1. The number of unbranched alkanes of at least 4 members (excludes halogenated alkanes) is 39. The molecule has 10 heteroatoms.